The molecule has 0 saturated heterocycles. The predicted molar refractivity (Wildman–Crippen MR) is 79.9 cm³/mol. The van der Waals surface area contributed by atoms with Crippen LogP contribution in [0.25, 0.3) is 0 Å². The minimum atomic E-state index is 0.458. The zero-order chi connectivity index (χ0) is 14.4. The summed E-state index contributed by atoms with van der Waals surface area (Å²) in [5, 5.41) is 15.3. The van der Waals surface area contributed by atoms with Crippen molar-refractivity contribution in [3.05, 3.63) is 54.2 Å². The van der Waals surface area contributed by atoms with Crippen LogP contribution < -0.4 is 10.6 Å². The van der Waals surface area contributed by atoms with Gasteiger partial charge in [-0.25, -0.2) is 4.98 Å². The molecule has 2 N–H and O–H groups in total. The number of benzene rings is 1. The van der Waals surface area contributed by atoms with Crippen LogP contribution in [-0.2, 0) is 0 Å². The van der Waals surface area contributed by atoms with Crippen molar-refractivity contribution in [1.29, 1.82) is 5.26 Å². The molecular weight excluding hydrogens is 250 g/mol. The van der Waals surface area contributed by atoms with Gasteiger partial charge in [-0.05, 0) is 19.1 Å². The van der Waals surface area contributed by atoms with Gasteiger partial charge in [-0.1, -0.05) is 18.2 Å². The largest absolute Gasteiger partial charge is 0.366 e. The molecule has 0 amide bonds. The van der Waals surface area contributed by atoms with Crippen molar-refractivity contribution in [2.45, 2.75) is 6.92 Å². The molecule has 0 saturated carbocycles. The molecule has 0 unspecified atom stereocenters. The van der Waals surface area contributed by atoms with Gasteiger partial charge in [0.2, 0.25) is 5.95 Å². The Morgan fingerprint density at radius 2 is 2.15 bits per heavy atom. The Kier molecular flexibility index (Phi) is 4.30. The summed E-state index contributed by atoms with van der Waals surface area (Å²) in [5.41, 5.74) is 2.08. The third kappa shape index (κ3) is 3.33. The minimum Gasteiger partial charge on any atom is -0.366 e. The maximum atomic E-state index is 9.07. The van der Waals surface area contributed by atoms with Gasteiger partial charge in [0.25, 0.3) is 0 Å². The van der Waals surface area contributed by atoms with Crippen molar-refractivity contribution >= 4 is 17.5 Å². The zero-order valence-corrected chi connectivity index (χ0v) is 11.2. The lowest BCUT2D eigenvalue weighted by molar-refractivity contribution is 1.09. The van der Waals surface area contributed by atoms with Gasteiger partial charge in [0.05, 0.1) is 11.3 Å². The molecule has 20 heavy (non-hydrogen) atoms. The molecule has 0 spiro atoms. The van der Waals surface area contributed by atoms with Crippen molar-refractivity contribution in [1.82, 2.24) is 9.97 Å². The highest BCUT2D eigenvalue weighted by molar-refractivity contribution is 5.63. The number of nitrogens with zero attached hydrogens (tertiary/aromatic N) is 3. The van der Waals surface area contributed by atoms with Gasteiger partial charge in [-0.2, -0.15) is 10.2 Å². The van der Waals surface area contributed by atoms with E-state index >= 15 is 0 Å². The molecule has 0 bridgehead atoms. The number of hydrogen-bond donors (Lipinski definition) is 2. The molecule has 0 aliphatic rings. The number of aryl methyl sites for hydroxylation is 1. The first-order valence-corrected chi connectivity index (χ1v) is 6.19. The van der Waals surface area contributed by atoms with E-state index in [4.69, 9.17) is 5.26 Å². The van der Waals surface area contributed by atoms with E-state index in [0.717, 1.165) is 5.69 Å². The lowest BCUT2D eigenvalue weighted by atomic mass is 10.2. The summed E-state index contributed by atoms with van der Waals surface area (Å²) in [6.45, 7) is 6.17. The Morgan fingerprint density at radius 3 is 2.90 bits per heavy atom. The van der Waals surface area contributed by atoms with Crippen LogP contribution in [0.4, 0.5) is 17.5 Å². The molecule has 1 aromatic heterocycles. The highest BCUT2D eigenvalue weighted by Crippen LogP contribution is 2.19. The third-order valence-corrected chi connectivity index (χ3v) is 2.58. The molecule has 0 aliphatic carbocycles. The van der Waals surface area contributed by atoms with Crippen LogP contribution in [0.1, 0.15) is 11.3 Å². The van der Waals surface area contributed by atoms with Crippen molar-refractivity contribution in [2.24, 2.45) is 0 Å². The van der Waals surface area contributed by atoms with Gasteiger partial charge in [-0.3, -0.25) is 0 Å². The lowest BCUT2D eigenvalue weighted by Gasteiger charge is -2.09. The van der Waals surface area contributed by atoms with E-state index < -0.39 is 0 Å². The van der Waals surface area contributed by atoms with Gasteiger partial charge in [0.1, 0.15) is 11.9 Å². The molecule has 0 aliphatic heterocycles. The van der Waals surface area contributed by atoms with Gasteiger partial charge >= 0.3 is 0 Å². The fourth-order valence-corrected chi connectivity index (χ4v) is 1.70. The summed E-state index contributed by atoms with van der Waals surface area (Å²) in [5.74, 6) is 1.17. The lowest BCUT2D eigenvalue weighted by Crippen LogP contribution is -2.05. The van der Waals surface area contributed by atoms with E-state index in [1.54, 1.807) is 12.1 Å². The number of anilines is 3. The molecule has 2 aromatic rings. The van der Waals surface area contributed by atoms with Crippen LogP contribution in [0.3, 0.4) is 0 Å². The standard InChI is InChI=1S/C15H15N5/c1-3-8-17-14-9-11(2)18-15(20-14)19-13-7-5-4-6-12(13)10-16/h3-7,9H,1,8H2,2H3,(H2,17,18,19,20). The van der Waals surface area contributed by atoms with E-state index in [1.165, 1.54) is 0 Å². The fraction of sp³-hybridized carbons (Fsp3) is 0.133. The van der Waals surface area contributed by atoms with E-state index in [2.05, 4.69) is 33.2 Å². The predicted octanol–water partition coefficient (Wildman–Crippen LogP) is 3.00. The van der Waals surface area contributed by atoms with Crippen LogP contribution in [0.2, 0.25) is 0 Å². The maximum Gasteiger partial charge on any atom is 0.229 e. The fourth-order valence-electron chi connectivity index (χ4n) is 1.70. The van der Waals surface area contributed by atoms with Crippen molar-refractivity contribution in [3.63, 3.8) is 0 Å². The van der Waals surface area contributed by atoms with E-state index in [1.807, 2.05) is 31.2 Å². The quantitative estimate of drug-likeness (QED) is 0.813. The number of aromatic nitrogens is 2. The molecule has 5 nitrogen and oxygen atoms in total. The number of nitriles is 1. The van der Waals surface area contributed by atoms with Gasteiger partial charge in [0, 0.05) is 18.3 Å². The smallest absolute Gasteiger partial charge is 0.229 e. The third-order valence-electron chi connectivity index (χ3n) is 2.58. The number of para-hydroxylation sites is 1. The van der Waals surface area contributed by atoms with Crippen molar-refractivity contribution in [3.8, 4) is 6.07 Å². The summed E-state index contributed by atoms with van der Waals surface area (Å²) in [4.78, 5) is 8.67. The number of hydrogen-bond acceptors (Lipinski definition) is 5. The van der Waals surface area contributed by atoms with Gasteiger partial charge in [0.15, 0.2) is 0 Å². The second kappa shape index (κ2) is 6.34. The Hall–Kier alpha value is -2.87. The minimum absolute atomic E-state index is 0.458. The average Bonchev–Trinajstić information content (AvgIpc) is 2.45. The van der Waals surface area contributed by atoms with E-state index in [9.17, 15) is 0 Å². The second-order valence-electron chi connectivity index (χ2n) is 4.17. The maximum absolute atomic E-state index is 9.07. The van der Waals surface area contributed by atoms with Gasteiger partial charge < -0.3 is 10.6 Å². The monoisotopic (exact) mass is 265 g/mol. The summed E-state index contributed by atoms with van der Waals surface area (Å²) >= 11 is 0. The average molecular weight is 265 g/mol. The van der Waals surface area contributed by atoms with Gasteiger partial charge in [-0.15, -0.1) is 6.58 Å². The Bertz CT molecular complexity index is 658. The summed E-state index contributed by atoms with van der Waals surface area (Å²) in [6.07, 6.45) is 1.76. The zero-order valence-electron chi connectivity index (χ0n) is 11.2. The highest BCUT2D eigenvalue weighted by atomic mass is 15.1. The SMILES string of the molecule is C=CCNc1cc(C)nc(Nc2ccccc2C#N)n1. The molecular formula is C15H15N5. The summed E-state index contributed by atoms with van der Waals surface area (Å²) in [7, 11) is 0. The first-order chi connectivity index (χ1) is 9.72. The molecule has 0 atom stereocenters. The van der Waals surface area contributed by atoms with Crippen molar-refractivity contribution < 1.29 is 0 Å². The molecule has 0 fully saturated rings. The molecule has 1 heterocycles. The van der Waals surface area contributed by atoms with Crippen LogP contribution in [0.15, 0.2) is 43.0 Å². The molecule has 5 heteroatoms. The molecule has 100 valence electrons. The normalized spacial score (nSPS) is 9.60. The van der Waals surface area contributed by atoms with Crippen LogP contribution in [0.5, 0.6) is 0 Å². The topological polar surface area (TPSA) is 73.6 Å². The first-order valence-electron chi connectivity index (χ1n) is 6.19. The second-order valence-corrected chi connectivity index (χ2v) is 4.17. The highest BCUT2D eigenvalue weighted by Gasteiger charge is 2.05. The van der Waals surface area contributed by atoms with E-state index in [0.29, 0.717) is 29.6 Å². The van der Waals surface area contributed by atoms with Crippen LogP contribution in [0, 0.1) is 18.3 Å². The Labute approximate surface area is 118 Å². The molecule has 1 aromatic carbocycles. The molecule has 0 radical (unpaired) electrons. The number of rotatable bonds is 5. The van der Waals surface area contributed by atoms with E-state index in [-0.39, 0.29) is 0 Å². The van der Waals surface area contributed by atoms with Crippen molar-refractivity contribution in [2.75, 3.05) is 17.2 Å². The van der Waals surface area contributed by atoms with Crippen LogP contribution >= 0.6 is 0 Å². The Balaban J connectivity index is 2.27. The molecule has 2 rings (SSSR count). The van der Waals surface area contributed by atoms with Crippen LogP contribution in [-0.4, -0.2) is 16.5 Å². The number of nitrogens with one attached hydrogen (secondary N) is 2. The summed E-state index contributed by atoms with van der Waals surface area (Å²) in [6, 6.07) is 11.2. The first kappa shape index (κ1) is 13.6. The Morgan fingerprint density at radius 1 is 1.35 bits per heavy atom. The summed E-state index contributed by atoms with van der Waals surface area (Å²) < 4.78 is 0.